The monoisotopic (exact) mass is 167 g/mol. The Morgan fingerprint density at radius 3 is 2.92 bits per heavy atom. The molecule has 0 aromatic carbocycles. The van der Waals surface area contributed by atoms with Crippen molar-refractivity contribution in [3.63, 3.8) is 0 Å². The Kier molecular flexibility index (Phi) is 3.88. The molecule has 2 heteroatoms. The first-order valence-electron chi connectivity index (χ1n) is 4.54. The van der Waals surface area contributed by atoms with Crippen molar-refractivity contribution < 1.29 is 4.42 Å². The summed E-state index contributed by atoms with van der Waals surface area (Å²) in [6, 6.07) is 3.98. The first kappa shape index (κ1) is 9.33. The number of hydrogen-bond donors (Lipinski definition) is 0. The van der Waals surface area contributed by atoms with Gasteiger partial charge in [0.25, 0.3) is 0 Å². The third-order valence-corrected chi connectivity index (χ3v) is 2.08. The quantitative estimate of drug-likeness (QED) is 0.668. The molecule has 0 bridgehead atoms. The van der Waals surface area contributed by atoms with E-state index in [0.717, 1.165) is 25.3 Å². The molecule has 1 heterocycles. The maximum atomic E-state index is 5.23. The lowest BCUT2D eigenvalue weighted by Gasteiger charge is -2.12. The van der Waals surface area contributed by atoms with Crippen LogP contribution < -0.4 is 0 Å². The average molecular weight is 167 g/mol. The highest BCUT2D eigenvalue weighted by Gasteiger charge is 1.97. The zero-order valence-electron chi connectivity index (χ0n) is 7.92. The Hall–Kier alpha value is -0.760. The van der Waals surface area contributed by atoms with Crippen molar-refractivity contribution in [2.75, 3.05) is 20.1 Å². The summed E-state index contributed by atoms with van der Waals surface area (Å²) in [7, 11) is 2.14. The zero-order valence-corrected chi connectivity index (χ0v) is 7.92. The van der Waals surface area contributed by atoms with Gasteiger partial charge in [0.15, 0.2) is 0 Å². The lowest BCUT2D eigenvalue weighted by Crippen LogP contribution is -2.19. The van der Waals surface area contributed by atoms with Crippen LogP contribution in [0.2, 0.25) is 0 Å². The summed E-state index contributed by atoms with van der Waals surface area (Å²) < 4.78 is 5.23. The number of furan rings is 1. The summed E-state index contributed by atoms with van der Waals surface area (Å²) in [5, 5.41) is 0. The van der Waals surface area contributed by atoms with E-state index in [2.05, 4.69) is 18.9 Å². The number of nitrogens with zero attached hydrogens (tertiary/aromatic N) is 1. The Labute approximate surface area is 74.2 Å². The van der Waals surface area contributed by atoms with E-state index in [1.165, 1.54) is 6.42 Å². The molecule has 0 saturated heterocycles. The van der Waals surface area contributed by atoms with Crippen molar-refractivity contribution >= 4 is 0 Å². The number of aryl methyl sites for hydroxylation is 1. The molecule has 0 spiro atoms. The van der Waals surface area contributed by atoms with Gasteiger partial charge < -0.3 is 9.32 Å². The summed E-state index contributed by atoms with van der Waals surface area (Å²) in [5.74, 6) is 1.10. The molecule has 1 aromatic rings. The predicted octanol–water partition coefficient (Wildman–Crippen LogP) is 2.16. The van der Waals surface area contributed by atoms with Crippen LogP contribution in [-0.4, -0.2) is 25.0 Å². The molecule has 0 atom stereocenters. The highest BCUT2D eigenvalue weighted by atomic mass is 16.3. The molecule has 0 amide bonds. The SMILES string of the molecule is CCN(C)CCCc1ccco1. The molecule has 2 nitrogen and oxygen atoms in total. The van der Waals surface area contributed by atoms with E-state index in [1.807, 2.05) is 12.1 Å². The van der Waals surface area contributed by atoms with Gasteiger partial charge in [0.1, 0.15) is 5.76 Å². The summed E-state index contributed by atoms with van der Waals surface area (Å²) >= 11 is 0. The van der Waals surface area contributed by atoms with Crippen LogP contribution in [0.3, 0.4) is 0 Å². The molecule has 0 saturated carbocycles. The van der Waals surface area contributed by atoms with Gasteiger partial charge in [0.05, 0.1) is 6.26 Å². The lowest BCUT2D eigenvalue weighted by atomic mass is 10.2. The van der Waals surface area contributed by atoms with Gasteiger partial charge in [0, 0.05) is 6.42 Å². The molecule has 0 N–H and O–H groups in total. The van der Waals surface area contributed by atoms with E-state index in [1.54, 1.807) is 6.26 Å². The molecule has 1 rings (SSSR count). The van der Waals surface area contributed by atoms with Crippen LogP contribution in [0.15, 0.2) is 22.8 Å². The van der Waals surface area contributed by atoms with Gasteiger partial charge >= 0.3 is 0 Å². The van der Waals surface area contributed by atoms with Crippen LogP contribution in [0.25, 0.3) is 0 Å². The van der Waals surface area contributed by atoms with Gasteiger partial charge in [-0.2, -0.15) is 0 Å². The summed E-state index contributed by atoms with van der Waals surface area (Å²) in [4.78, 5) is 2.31. The maximum Gasteiger partial charge on any atom is 0.103 e. The molecule has 0 aliphatic heterocycles. The van der Waals surface area contributed by atoms with Gasteiger partial charge in [0.2, 0.25) is 0 Å². The van der Waals surface area contributed by atoms with Crippen LogP contribution in [-0.2, 0) is 6.42 Å². The van der Waals surface area contributed by atoms with Crippen molar-refractivity contribution in [1.29, 1.82) is 0 Å². The standard InChI is InChI=1S/C10H17NO/c1-3-11(2)8-4-6-10-7-5-9-12-10/h5,7,9H,3-4,6,8H2,1-2H3. The summed E-state index contributed by atoms with van der Waals surface area (Å²) in [6.45, 7) is 4.45. The molecule has 68 valence electrons. The van der Waals surface area contributed by atoms with E-state index < -0.39 is 0 Å². The third kappa shape index (κ3) is 3.09. The van der Waals surface area contributed by atoms with Crippen molar-refractivity contribution in [2.45, 2.75) is 19.8 Å². The Balaban J connectivity index is 2.11. The zero-order chi connectivity index (χ0) is 8.81. The Bertz CT molecular complexity index is 194. The van der Waals surface area contributed by atoms with Crippen molar-refractivity contribution in [3.05, 3.63) is 24.2 Å². The fourth-order valence-electron chi connectivity index (χ4n) is 1.14. The van der Waals surface area contributed by atoms with Crippen LogP contribution in [0.4, 0.5) is 0 Å². The summed E-state index contributed by atoms with van der Waals surface area (Å²) in [5.41, 5.74) is 0. The maximum absolute atomic E-state index is 5.23. The van der Waals surface area contributed by atoms with Gasteiger partial charge in [-0.1, -0.05) is 6.92 Å². The first-order valence-corrected chi connectivity index (χ1v) is 4.54. The van der Waals surface area contributed by atoms with Crippen LogP contribution in [0.1, 0.15) is 19.1 Å². The number of rotatable bonds is 5. The van der Waals surface area contributed by atoms with E-state index >= 15 is 0 Å². The fraction of sp³-hybridized carbons (Fsp3) is 0.600. The van der Waals surface area contributed by atoms with Gasteiger partial charge in [-0.05, 0) is 38.7 Å². The second-order valence-corrected chi connectivity index (χ2v) is 3.08. The van der Waals surface area contributed by atoms with Gasteiger partial charge in [-0.25, -0.2) is 0 Å². The van der Waals surface area contributed by atoms with Crippen molar-refractivity contribution in [2.24, 2.45) is 0 Å². The summed E-state index contributed by atoms with van der Waals surface area (Å²) in [6.07, 6.45) is 3.97. The topological polar surface area (TPSA) is 16.4 Å². The largest absolute Gasteiger partial charge is 0.469 e. The minimum atomic E-state index is 1.05. The van der Waals surface area contributed by atoms with Crippen LogP contribution in [0.5, 0.6) is 0 Å². The molecular weight excluding hydrogens is 150 g/mol. The second-order valence-electron chi connectivity index (χ2n) is 3.08. The predicted molar refractivity (Wildman–Crippen MR) is 50.2 cm³/mol. The second kappa shape index (κ2) is 4.99. The molecule has 0 radical (unpaired) electrons. The van der Waals surface area contributed by atoms with Crippen molar-refractivity contribution in [1.82, 2.24) is 4.90 Å². The average Bonchev–Trinajstić information content (AvgIpc) is 2.57. The third-order valence-electron chi connectivity index (χ3n) is 2.08. The van der Waals surface area contributed by atoms with Crippen molar-refractivity contribution in [3.8, 4) is 0 Å². The molecule has 0 fully saturated rings. The Morgan fingerprint density at radius 1 is 1.50 bits per heavy atom. The Morgan fingerprint density at radius 2 is 2.33 bits per heavy atom. The molecule has 0 aliphatic rings. The normalized spacial score (nSPS) is 10.9. The minimum Gasteiger partial charge on any atom is -0.469 e. The van der Waals surface area contributed by atoms with Crippen LogP contribution >= 0.6 is 0 Å². The number of hydrogen-bond acceptors (Lipinski definition) is 2. The highest BCUT2D eigenvalue weighted by molar-refractivity contribution is 4.97. The molecular formula is C10H17NO. The van der Waals surface area contributed by atoms with E-state index in [9.17, 15) is 0 Å². The smallest absolute Gasteiger partial charge is 0.103 e. The van der Waals surface area contributed by atoms with E-state index in [4.69, 9.17) is 4.42 Å². The molecule has 1 aromatic heterocycles. The minimum absolute atomic E-state index is 1.05. The van der Waals surface area contributed by atoms with Gasteiger partial charge in [-0.15, -0.1) is 0 Å². The molecule has 0 aliphatic carbocycles. The lowest BCUT2D eigenvalue weighted by molar-refractivity contribution is 0.342. The molecule has 12 heavy (non-hydrogen) atoms. The fourth-order valence-corrected chi connectivity index (χ4v) is 1.14. The van der Waals surface area contributed by atoms with E-state index in [0.29, 0.717) is 0 Å². The van der Waals surface area contributed by atoms with Crippen LogP contribution in [0, 0.1) is 0 Å². The van der Waals surface area contributed by atoms with Gasteiger partial charge in [-0.3, -0.25) is 0 Å². The first-order chi connectivity index (χ1) is 5.83. The highest BCUT2D eigenvalue weighted by Crippen LogP contribution is 2.03. The van der Waals surface area contributed by atoms with E-state index in [-0.39, 0.29) is 0 Å². The molecule has 0 unspecified atom stereocenters.